The molecule has 160 valence electrons. The molecule has 1 unspecified atom stereocenters. The van der Waals surface area contributed by atoms with Crippen molar-refractivity contribution in [2.75, 3.05) is 20.2 Å². The molecule has 3 aromatic rings. The fourth-order valence-corrected chi connectivity index (χ4v) is 5.19. The summed E-state index contributed by atoms with van der Waals surface area (Å²) in [4.78, 5) is 4.39. The number of aryl methyl sites for hydroxylation is 2. The van der Waals surface area contributed by atoms with E-state index in [1.54, 1.807) is 33.1 Å². The molecule has 1 saturated heterocycles. The van der Waals surface area contributed by atoms with Crippen LogP contribution in [0.25, 0.3) is 11.4 Å². The molecule has 0 aliphatic carbocycles. The van der Waals surface area contributed by atoms with E-state index in [9.17, 15) is 8.42 Å². The van der Waals surface area contributed by atoms with E-state index in [1.807, 2.05) is 12.1 Å². The molecule has 1 aromatic carbocycles. The monoisotopic (exact) mass is 434 g/mol. The van der Waals surface area contributed by atoms with Crippen molar-refractivity contribution in [2.24, 2.45) is 0 Å². The van der Waals surface area contributed by atoms with Crippen LogP contribution in [0.1, 0.15) is 23.8 Å². The van der Waals surface area contributed by atoms with E-state index in [-0.39, 0.29) is 24.2 Å². The third kappa shape index (κ3) is 3.95. The van der Waals surface area contributed by atoms with Crippen LogP contribution >= 0.6 is 0 Å². The number of methoxy groups -OCH3 is 1. The van der Waals surface area contributed by atoms with Gasteiger partial charge in [0.15, 0.2) is 5.76 Å². The lowest BCUT2D eigenvalue weighted by atomic mass is 10.2. The molecule has 0 radical (unpaired) electrons. The number of hydrogen-bond donors (Lipinski definition) is 0. The van der Waals surface area contributed by atoms with Gasteiger partial charge < -0.3 is 18.5 Å². The molecular formula is C19H22N4O6S. The molecule has 0 N–H and O–H groups in total. The molecular weight excluding hydrogens is 412 g/mol. The van der Waals surface area contributed by atoms with Gasteiger partial charge in [-0.3, -0.25) is 0 Å². The van der Waals surface area contributed by atoms with Crippen molar-refractivity contribution < 1.29 is 26.9 Å². The molecule has 10 nitrogen and oxygen atoms in total. The molecule has 0 spiro atoms. The molecule has 4 rings (SSSR count). The Hall–Kier alpha value is -2.76. The number of aromatic nitrogens is 3. The van der Waals surface area contributed by atoms with Crippen LogP contribution in [0.4, 0.5) is 0 Å². The van der Waals surface area contributed by atoms with Gasteiger partial charge in [0, 0.05) is 19.2 Å². The van der Waals surface area contributed by atoms with Crippen molar-refractivity contribution in [3.05, 3.63) is 41.6 Å². The highest BCUT2D eigenvalue weighted by atomic mass is 32.2. The van der Waals surface area contributed by atoms with Crippen LogP contribution in [0.15, 0.2) is 38.2 Å². The molecule has 3 heterocycles. The zero-order valence-electron chi connectivity index (χ0n) is 16.9. The molecule has 1 fully saturated rings. The van der Waals surface area contributed by atoms with Crippen molar-refractivity contribution in [3.63, 3.8) is 0 Å². The molecule has 1 aliphatic rings. The number of nitrogens with zero attached hydrogens (tertiary/aromatic N) is 4. The maximum Gasteiger partial charge on any atom is 0.252 e. The average Bonchev–Trinajstić information content (AvgIpc) is 3.44. The van der Waals surface area contributed by atoms with Crippen molar-refractivity contribution in [1.29, 1.82) is 0 Å². The lowest BCUT2D eigenvalue weighted by Gasteiger charge is -2.17. The third-order valence-electron chi connectivity index (χ3n) is 4.82. The lowest BCUT2D eigenvalue weighted by Crippen LogP contribution is -2.31. The van der Waals surface area contributed by atoms with Gasteiger partial charge in [0.25, 0.3) is 5.89 Å². The van der Waals surface area contributed by atoms with Crippen molar-refractivity contribution >= 4 is 10.0 Å². The van der Waals surface area contributed by atoms with Gasteiger partial charge in [0.05, 0.1) is 6.54 Å². The van der Waals surface area contributed by atoms with Gasteiger partial charge in [-0.25, -0.2) is 8.42 Å². The first kappa shape index (κ1) is 20.5. The maximum atomic E-state index is 12.9. The molecule has 2 aromatic heterocycles. The van der Waals surface area contributed by atoms with E-state index < -0.39 is 10.0 Å². The Labute approximate surface area is 173 Å². The van der Waals surface area contributed by atoms with Crippen LogP contribution in [0.5, 0.6) is 5.75 Å². The lowest BCUT2D eigenvalue weighted by molar-refractivity contribution is 0.151. The first-order valence-electron chi connectivity index (χ1n) is 9.40. The standard InChI is InChI=1S/C19H22N4O6S/c1-12-18(13(2)28-21-12)30(24,25)23-9-8-16(10-23)27-15-6-4-14(5-7-15)19-20-17(11-26-3)29-22-19/h4-7,16H,8-11H2,1-3H3. The van der Waals surface area contributed by atoms with Crippen molar-refractivity contribution in [1.82, 2.24) is 19.6 Å². The first-order valence-corrected chi connectivity index (χ1v) is 10.8. The summed E-state index contributed by atoms with van der Waals surface area (Å²) < 4.78 is 48.3. The van der Waals surface area contributed by atoms with Gasteiger partial charge in [-0.1, -0.05) is 10.3 Å². The second-order valence-electron chi connectivity index (χ2n) is 7.01. The zero-order chi connectivity index (χ0) is 21.3. The summed E-state index contributed by atoms with van der Waals surface area (Å²) in [5.74, 6) is 1.80. The maximum absolute atomic E-state index is 12.9. The van der Waals surface area contributed by atoms with Gasteiger partial charge in [-0.15, -0.1) is 0 Å². The van der Waals surface area contributed by atoms with Crippen LogP contribution in [0.2, 0.25) is 0 Å². The number of ether oxygens (including phenoxy) is 2. The first-order chi connectivity index (χ1) is 14.4. The van der Waals surface area contributed by atoms with Crippen LogP contribution < -0.4 is 4.74 Å². The molecule has 0 bridgehead atoms. The second kappa shape index (κ2) is 8.17. The van der Waals surface area contributed by atoms with Crippen LogP contribution in [0, 0.1) is 13.8 Å². The minimum atomic E-state index is -3.67. The molecule has 0 amide bonds. The second-order valence-corrected chi connectivity index (χ2v) is 8.89. The number of benzene rings is 1. The zero-order valence-corrected chi connectivity index (χ0v) is 17.7. The smallest absolute Gasteiger partial charge is 0.252 e. The highest BCUT2D eigenvalue weighted by molar-refractivity contribution is 7.89. The van der Waals surface area contributed by atoms with E-state index >= 15 is 0 Å². The minimum Gasteiger partial charge on any atom is -0.489 e. The topological polar surface area (TPSA) is 121 Å². The minimum absolute atomic E-state index is 0.139. The van der Waals surface area contributed by atoms with E-state index in [2.05, 4.69) is 15.3 Å². The highest BCUT2D eigenvalue weighted by Gasteiger charge is 2.37. The Morgan fingerprint density at radius 3 is 2.60 bits per heavy atom. The Kier molecular flexibility index (Phi) is 5.58. The fraction of sp³-hybridized carbons (Fsp3) is 0.421. The van der Waals surface area contributed by atoms with E-state index in [0.717, 1.165) is 5.56 Å². The van der Waals surface area contributed by atoms with Crippen LogP contribution in [0.3, 0.4) is 0 Å². The van der Waals surface area contributed by atoms with Gasteiger partial charge in [0.2, 0.25) is 15.8 Å². The van der Waals surface area contributed by atoms with E-state index in [0.29, 0.717) is 41.9 Å². The Morgan fingerprint density at radius 1 is 1.17 bits per heavy atom. The number of sulfonamides is 1. The summed E-state index contributed by atoms with van der Waals surface area (Å²) in [6, 6.07) is 7.24. The Bertz CT molecular complexity index is 1100. The molecule has 1 aliphatic heterocycles. The summed E-state index contributed by atoms with van der Waals surface area (Å²) in [6.07, 6.45) is 0.347. The molecule has 0 saturated carbocycles. The van der Waals surface area contributed by atoms with Gasteiger partial charge >= 0.3 is 0 Å². The average molecular weight is 434 g/mol. The molecule has 11 heteroatoms. The summed E-state index contributed by atoms with van der Waals surface area (Å²) in [6.45, 7) is 4.11. The quantitative estimate of drug-likeness (QED) is 0.551. The molecule has 30 heavy (non-hydrogen) atoms. The Balaban J connectivity index is 1.41. The third-order valence-corrected chi connectivity index (χ3v) is 6.93. The van der Waals surface area contributed by atoms with Crippen molar-refractivity contribution in [2.45, 2.75) is 37.9 Å². The van der Waals surface area contributed by atoms with Crippen LogP contribution in [-0.2, 0) is 21.4 Å². The van der Waals surface area contributed by atoms with E-state index in [1.165, 1.54) is 4.31 Å². The fourth-order valence-electron chi connectivity index (χ4n) is 3.41. The van der Waals surface area contributed by atoms with Gasteiger partial charge in [-0.2, -0.15) is 9.29 Å². The summed E-state index contributed by atoms with van der Waals surface area (Å²) in [5.41, 5.74) is 1.14. The predicted molar refractivity (Wildman–Crippen MR) is 104 cm³/mol. The van der Waals surface area contributed by atoms with Crippen LogP contribution in [-0.4, -0.2) is 54.3 Å². The SMILES string of the molecule is COCc1nc(-c2ccc(OC3CCN(S(=O)(=O)c4c(C)noc4C)C3)cc2)no1. The van der Waals surface area contributed by atoms with Crippen molar-refractivity contribution in [3.8, 4) is 17.1 Å². The van der Waals surface area contributed by atoms with Gasteiger partial charge in [-0.05, 0) is 44.5 Å². The summed E-state index contributed by atoms with van der Waals surface area (Å²) in [7, 11) is -2.11. The summed E-state index contributed by atoms with van der Waals surface area (Å²) in [5, 5.41) is 7.67. The van der Waals surface area contributed by atoms with E-state index in [4.69, 9.17) is 18.5 Å². The molecule has 1 atom stereocenters. The summed E-state index contributed by atoms with van der Waals surface area (Å²) >= 11 is 0. The highest BCUT2D eigenvalue weighted by Crippen LogP contribution is 2.28. The normalized spacial score (nSPS) is 17.5. The number of rotatable bonds is 7. The largest absolute Gasteiger partial charge is 0.489 e. The van der Waals surface area contributed by atoms with Gasteiger partial charge in [0.1, 0.15) is 29.0 Å². The number of hydrogen-bond acceptors (Lipinski definition) is 9. The predicted octanol–water partition coefficient (Wildman–Crippen LogP) is 2.33. The Morgan fingerprint density at radius 2 is 1.93 bits per heavy atom.